The molecule has 3 amide bonds. The lowest BCUT2D eigenvalue weighted by atomic mass is 9.95. The number of carbonyl (C=O) groups excluding carboxylic acids is 3. The minimum atomic E-state index is -0.638. The summed E-state index contributed by atoms with van der Waals surface area (Å²) >= 11 is 9.53. The number of imidazole rings is 2. The predicted molar refractivity (Wildman–Crippen MR) is 348 cm³/mol. The number of aryl methyl sites for hydroxylation is 2. The Bertz CT molecular complexity index is 3400. The Morgan fingerprint density at radius 2 is 1.02 bits per heavy atom. The van der Waals surface area contributed by atoms with Crippen molar-refractivity contribution in [1.29, 1.82) is 0 Å². The number of amides is 3. The molecule has 0 unspecified atom stereocenters. The van der Waals surface area contributed by atoms with Gasteiger partial charge in [-0.1, -0.05) is 133 Å². The molecule has 0 spiro atoms. The molecule has 2 aliphatic heterocycles. The van der Waals surface area contributed by atoms with Crippen molar-refractivity contribution in [3.05, 3.63) is 181 Å². The Labute approximate surface area is 518 Å². The molecule has 2 aromatic heterocycles. The van der Waals surface area contributed by atoms with Gasteiger partial charge in [-0.2, -0.15) is 0 Å². The third kappa shape index (κ3) is 18.7. The van der Waals surface area contributed by atoms with Gasteiger partial charge >= 0.3 is 6.09 Å². The number of para-hydroxylation sites is 4. The Kier molecular flexibility index (Phi) is 24.6. The maximum absolute atomic E-state index is 13.9. The summed E-state index contributed by atoms with van der Waals surface area (Å²) in [6.07, 6.45) is 6.94. The number of hydrogen-bond acceptors (Lipinski definition) is 9. The van der Waals surface area contributed by atoms with E-state index in [1.54, 1.807) is 14.2 Å². The summed E-state index contributed by atoms with van der Waals surface area (Å²) in [6.45, 7) is 11.4. The first kappa shape index (κ1) is 64.9. The highest BCUT2D eigenvalue weighted by Gasteiger charge is 2.32. The van der Waals surface area contributed by atoms with Gasteiger partial charge < -0.3 is 44.2 Å². The number of nitrogens with one attached hydrogen (secondary N) is 1. The van der Waals surface area contributed by atoms with Gasteiger partial charge in [-0.25, -0.2) is 14.8 Å². The van der Waals surface area contributed by atoms with Crippen molar-refractivity contribution in [2.45, 2.75) is 128 Å². The van der Waals surface area contributed by atoms with Gasteiger partial charge in [-0.3, -0.25) is 9.59 Å². The molecule has 14 nitrogen and oxygen atoms in total. The van der Waals surface area contributed by atoms with Crippen LogP contribution >= 0.6 is 23.2 Å². The second-order valence-electron chi connectivity index (χ2n) is 23.4. The van der Waals surface area contributed by atoms with Crippen LogP contribution in [0.2, 0.25) is 0 Å². The minimum Gasteiger partial charge on any atom is -0.444 e. The average molecular weight is 1210 g/mol. The van der Waals surface area contributed by atoms with E-state index in [1.807, 2.05) is 97.3 Å². The fourth-order valence-corrected chi connectivity index (χ4v) is 11.9. The molecule has 456 valence electrons. The van der Waals surface area contributed by atoms with E-state index in [9.17, 15) is 14.4 Å². The van der Waals surface area contributed by atoms with Gasteiger partial charge in [0.1, 0.15) is 17.2 Å². The van der Waals surface area contributed by atoms with Crippen molar-refractivity contribution < 1.29 is 28.6 Å². The van der Waals surface area contributed by atoms with Crippen LogP contribution < -0.4 is 11.1 Å². The van der Waals surface area contributed by atoms with E-state index >= 15 is 0 Å². The summed E-state index contributed by atoms with van der Waals surface area (Å²) in [7, 11) is 3.46. The van der Waals surface area contributed by atoms with Crippen LogP contribution in [0.15, 0.2) is 158 Å². The van der Waals surface area contributed by atoms with E-state index in [1.165, 1.54) is 11.1 Å². The Balaban J connectivity index is 0.000000216. The summed E-state index contributed by atoms with van der Waals surface area (Å²) in [4.78, 5) is 54.1. The van der Waals surface area contributed by atoms with E-state index in [0.29, 0.717) is 52.1 Å². The normalized spacial score (nSPS) is 15.9. The van der Waals surface area contributed by atoms with Crippen molar-refractivity contribution in [3.63, 3.8) is 0 Å². The maximum atomic E-state index is 13.9. The maximum Gasteiger partial charge on any atom is 0.407 e. The third-order valence-electron chi connectivity index (χ3n) is 15.7. The number of aromatic nitrogens is 4. The summed E-state index contributed by atoms with van der Waals surface area (Å²) in [6, 6.07) is 53.2. The van der Waals surface area contributed by atoms with Gasteiger partial charge in [0.25, 0.3) is 0 Å². The van der Waals surface area contributed by atoms with Crippen LogP contribution in [0.3, 0.4) is 0 Å². The fraction of sp³-hybridized carbons (Fsp3) is 0.414. The average Bonchev–Trinajstić information content (AvgIpc) is 2.07. The number of rotatable bonds is 21. The molecule has 16 heteroatoms. The number of halogens is 2. The largest absolute Gasteiger partial charge is 0.444 e. The molecule has 0 saturated carbocycles. The van der Waals surface area contributed by atoms with E-state index < -0.39 is 17.7 Å². The molecular formula is C70H86Cl2N8O6. The molecule has 3 N–H and O–H groups in total. The molecule has 6 aromatic carbocycles. The zero-order valence-electron chi connectivity index (χ0n) is 50.7. The molecular weight excluding hydrogens is 1120 g/mol. The molecule has 10 rings (SSSR count). The van der Waals surface area contributed by atoms with Gasteiger partial charge in [-0.05, 0) is 130 Å². The lowest BCUT2D eigenvalue weighted by Gasteiger charge is -2.34. The molecule has 0 radical (unpaired) electrons. The highest BCUT2D eigenvalue weighted by molar-refractivity contribution is 6.40. The molecule has 0 aliphatic carbocycles. The van der Waals surface area contributed by atoms with Crippen LogP contribution in [0.4, 0.5) is 4.79 Å². The van der Waals surface area contributed by atoms with Crippen molar-refractivity contribution in [3.8, 4) is 22.3 Å². The predicted octanol–water partition coefficient (Wildman–Crippen LogP) is 13.8. The van der Waals surface area contributed by atoms with Crippen LogP contribution in [0.25, 0.3) is 44.3 Å². The minimum absolute atomic E-state index is 0.0296. The number of nitrogens with zero attached hydrogens (tertiary/aromatic N) is 6. The number of methoxy groups -OCH3 is 2. The molecule has 0 bridgehead atoms. The smallest absolute Gasteiger partial charge is 0.407 e. The highest BCUT2D eigenvalue weighted by atomic mass is 35.5. The van der Waals surface area contributed by atoms with Gasteiger partial charge in [0, 0.05) is 103 Å². The van der Waals surface area contributed by atoms with Crippen molar-refractivity contribution >= 4 is 63.2 Å². The number of alkyl carbamates (subject to hydrolysis) is 1. The number of hydrogen-bond donors (Lipinski definition) is 2. The van der Waals surface area contributed by atoms with E-state index in [2.05, 4.69) is 105 Å². The first-order valence-corrected chi connectivity index (χ1v) is 31.4. The van der Waals surface area contributed by atoms with Crippen LogP contribution in [0.5, 0.6) is 0 Å². The standard InChI is InChI=1S/C37H46N4O4.C32H38N4O2.CH2Cl2/c1-37(2,3)45-36(43)38-31(24-27-13-10-16-29(23-27)28-14-6-5-7-15-28)25-34(42)40-20-11-17-30(26-40)35-39-32-18-8-9-19-33(32)41(35)21-12-22-44-4;1-38-19-9-18-36-30-16-6-5-15-29(30)34-32(36)27-14-8-17-35(23-27)31(37)22-28(33)21-24-10-7-13-26(20-24)25-11-3-2-4-12-25;2-1-3/h5-10,13-16,18-19,23,30-31H,11-12,17,20-22,24-26H2,1-4H3,(H,38,43);2-7,10-13,15-16,20,27-28H,8-9,14,17-19,21-23,33H2,1H3;1H2/t30-,31-;27-,28-;/m11./s1. The molecule has 4 heterocycles. The van der Waals surface area contributed by atoms with E-state index in [0.717, 1.165) is 114 Å². The molecule has 2 aliphatic rings. The second kappa shape index (κ2) is 32.6. The number of likely N-dealkylation sites (tertiary alicyclic amines) is 2. The summed E-state index contributed by atoms with van der Waals surface area (Å²) < 4.78 is 20.8. The number of fused-ring (bicyclic) bond motifs is 2. The van der Waals surface area contributed by atoms with E-state index in [4.69, 9.17) is 53.1 Å². The number of nitrogens with two attached hydrogens (primary N) is 1. The molecule has 2 fully saturated rings. The summed E-state index contributed by atoms with van der Waals surface area (Å²) in [5.41, 5.74) is 16.9. The highest BCUT2D eigenvalue weighted by Crippen LogP contribution is 2.33. The lowest BCUT2D eigenvalue weighted by Crippen LogP contribution is -2.46. The fourth-order valence-electron chi connectivity index (χ4n) is 11.9. The Morgan fingerprint density at radius 3 is 1.49 bits per heavy atom. The zero-order valence-corrected chi connectivity index (χ0v) is 52.2. The molecule has 4 atom stereocenters. The van der Waals surface area contributed by atoms with Gasteiger partial charge in [0.2, 0.25) is 11.8 Å². The molecule has 86 heavy (non-hydrogen) atoms. The Hall–Kier alpha value is -7.07. The molecule has 2 saturated heterocycles. The van der Waals surface area contributed by atoms with Gasteiger partial charge in [-0.15, -0.1) is 23.2 Å². The first-order chi connectivity index (χ1) is 41.7. The van der Waals surface area contributed by atoms with Crippen LogP contribution in [0.1, 0.15) is 107 Å². The number of carbonyl (C=O) groups is 3. The topological polar surface area (TPSA) is 159 Å². The van der Waals surface area contributed by atoms with Gasteiger partial charge in [0.05, 0.1) is 27.4 Å². The van der Waals surface area contributed by atoms with Crippen LogP contribution in [0, 0.1) is 0 Å². The van der Waals surface area contributed by atoms with Crippen LogP contribution in [-0.4, -0.2) is 123 Å². The number of ether oxygens (including phenoxy) is 3. The van der Waals surface area contributed by atoms with Crippen molar-refractivity contribution in [2.75, 3.05) is 59.0 Å². The second-order valence-corrected chi connectivity index (χ2v) is 24.2. The molecule has 8 aromatic rings. The third-order valence-corrected chi connectivity index (χ3v) is 15.7. The monoisotopic (exact) mass is 1200 g/mol. The quantitative estimate of drug-likeness (QED) is 0.0527. The van der Waals surface area contributed by atoms with Gasteiger partial charge in [0.15, 0.2) is 0 Å². The van der Waals surface area contributed by atoms with Crippen LogP contribution in [-0.2, 0) is 49.7 Å². The first-order valence-electron chi connectivity index (χ1n) is 30.3. The SMILES string of the molecule is COCCCn1c([C@@H]2CCCN(C(=O)C[C@@H](Cc3cccc(-c4ccccc4)c3)NC(=O)OC(C)(C)C)C2)nc2ccccc21.COCCCn1c([C@@H]2CCCN(C(=O)C[C@H](N)Cc3cccc(-c4ccccc4)c3)C2)nc2ccccc21.ClCCl. The lowest BCUT2D eigenvalue weighted by molar-refractivity contribution is -0.133. The summed E-state index contributed by atoms with van der Waals surface area (Å²) in [5.74, 6) is 2.65. The number of alkyl halides is 2. The number of piperidine rings is 2. The van der Waals surface area contributed by atoms with Crippen molar-refractivity contribution in [2.24, 2.45) is 5.73 Å². The number of benzene rings is 6. The summed E-state index contributed by atoms with van der Waals surface area (Å²) in [5, 5.41) is 3.21. The van der Waals surface area contributed by atoms with Crippen molar-refractivity contribution in [1.82, 2.24) is 34.2 Å². The zero-order chi connectivity index (χ0) is 60.8. The van der Waals surface area contributed by atoms with E-state index in [-0.39, 0.29) is 41.5 Å². The Morgan fingerprint density at radius 1 is 0.593 bits per heavy atom.